The van der Waals surface area contributed by atoms with Gasteiger partial charge in [0.25, 0.3) is 0 Å². The van der Waals surface area contributed by atoms with Gasteiger partial charge in [-0.1, -0.05) is 6.07 Å². The molecule has 2 rings (SSSR count). The summed E-state index contributed by atoms with van der Waals surface area (Å²) in [6.45, 7) is 1.66. The fourth-order valence-electron chi connectivity index (χ4n) is 2.74. The second-order valence-corrected chi connectivity index (χ2v) is 5.12. The monoisotopic (exact) mass is 280 g/mol. The molecule has 0 spiro atoms. The van der Waals surface area contributed by atoms with E-state index >= 15 is 0 Å². The number of methoxy groups -OCH3 is 2. The Kier molecular flexibility index (Phi) is 5.64. The zero-order chi connectivity index (χ0) is 14.4. The zero-order valence-corrected chi connectivity index (χ0v) is 12.2. The summed E-state index contributed by atoms with van der Waals surface area (Å²) in [6.07, 6.45) is 2.99. The van der Waals surface area contributed by atoms with Gasteiger partial charge in [0.15, 0.2) is 11.5 Å². The van der Waals surface area contributed by atoms with Crippen LogP contribution in [-0.4, -0.2) is 33.5 Å². The van der Waals surface area contributed by atoms with Crippen molar-refractivity contribution < 1.29 is 14.2 Å². The van der Waals surface area contributed by atoms with Crippen molar-refractivity contribution in [1.29, 1.82) is 0 Å². The number of benzene rings is 1. The van der Waals surface area contributed by atoms with E-state index in [0.717, 1.165) is 44.0 Å². The molecule has 1 aliphatic rings. The topological polar surface area (TPSA) is 65.7 Å². The van der Waals surface area contributed by atoms with Crippen molar-refractivity contribution in [2.45, 2.75) is 25.3 Å². The SMILES string of the molecule is COc1ccc(CC(NN)C2CCOCC2)cc1OC. The Morgan fingerprint density at radius 2 is 1.95 bits per heavy atom. The van der Waals surface area contributed by atoms with Crippen LogP contribution < -0.4 is 20.7 Å². The minimum atomic E-state index is 0.261. The summed E-state index contributed by atoms with van der Waals surface area (Å²) in [5.74, 6) is 7.80. The zero-order valence-electron chi connectivity index (χ0n) is 12.2. The van der Waals surface area contributed by atoms with Gasteiger partial charge in [-0.3, -0.25) is 11.3 Å². The fourth-order valence-corrected chi connectivity index (χ4v) is 2.74. The highest BCUT2D eigenvalue weighted by Gasteiger charge is 2.23. The minimum Gasteiger partial charge on any atom is -0.493 e. The summed E-state index contributed by atoms with van der Waals surface area (Å²) in [5, 5.41) is 0. The van der Waals surface area contributed by atoms with E-state index in [2.05, 4.69) is 11.5 Å². The third kappa shape index (κ3) is 3.62. The Morgan fingerprint density at radius 3 is 2.55 bits per heavy atom. The first-order valence-corrected chi connectivity index (χ1v) is 7.03. The first-order valence-electron chi connectivity index (χ1n) is 7.03. The summed E-state index contributed by atoms with van der Waals surface area (Å²) in [6, 6.07) is 6.27. The predicted octanol–water partition coefficient (Wildman–Crippen LogP) is 1.50. The molecule has 3 N–H and O–H groups in total. The lowest BCUT2D eigenvalue weighted by Gasteiger charge is -2.30. The van der Waals surface area contributed by atoms with Gasteiger partial charge in [-0.15, -0.1) is 0 Å². The van der Waals surface area contributed by atoms with Crippen LogP contribution in [0.3, 0.4) is 0 Å². The molecule has 0 bridgehead atoms. The fraction of sp³-hybridized carbons (Fsp3) is 0.600. The summed E-state index contributed by atoms with van der Waals surface area (Å²) in [5.41, 5.74) is 4.15. The van der Waals surface area contributed by atoms with Crippen LogP contribution in [0.1, 0.15) is 18.4 Å². The van der Waals surface area contributed by atoms with Crippen molar-refractivity contribution in [2.24, 2.45) is 11.8 Å². The lowest BCUT2D eigenvalue weighted by Crippen LogP contribution is -2.44. The van der Waals surface area contributed by atoms with E-state index in [1.54, 1.807) is 14.2 Å². The van der Waals surface area contributed by atoms with Crippen molar-refractivity contribution in [3.05, 3.63) is 23.8 Å². The summed E-state index contributed by atoms with van der Waals surface area (Å²) in [7, 11) is 3.29. The normalized spacial score (nSPS) is 17.8. The molecule has 112 valence electrons. The van der Waals surface area contributed by atoms with E-state index in [9.17, 15) is 0 Å². The van der Waals surface area contributed by atoms with Gasteiger partial charge < -0.3 is 14.2 Å². The Labute approximate surface area is 120 Å². The number of rotatable bonds is 6. The van der Waals surface area contributed by atoms with Crippen molar-refractivity contribution >= 4 is 0 Å². The van der Waals surface area contributed by atoms with E-state index in [-0.39, 0.29) is 6.04 Å². The molecular weight excluding hydrogens is 256 g/mol. The van der Waals surface area contributed by atoms with E-state index in [0.29, 0.717) is 5.92 Å². The van der Waals surface area contributed by atoms with Gasteiger partial charge in [0.05, 0.1) is 14.2 Å². The highest BCUT2D eigenvalue weighted by Crippen LogP contribution is 2.29. The number of hydrogen-bond acceptors (Lipinski definition) is 5. The quantitative estimate of drug-likeness (QED) is 0.611. The summed E-state index contributed by atoms with van der Waals surface area (Å²) in [4.78, 5) is 0. The minimum absolute atomic E-state index is 0.261. The molecule has 1 aromatic carbocycles. The van der Waals surface area contributed by atoms with Gasteiger partial charge in [0, 0.05) is 19.3 Å². The lowest BCUT2D eigenvalue weighted by atomic mass is 9.88. The first-order chi connectivity index (χ1) is 9.78. The van der Waals surface area contributed by atoms with Crippen LogP contribution >= 0.6 is 0 Å². The van der Waals surface area contributed by atoms with Crippen LogP contribution in [0, 0.1) is 5.92 Å². The molecule has 0 saturated carbocycles. The molecule has 5 heteroatoms. The van der Waals surface area contributed by atoms with Crippen LogP contribution in [0.25, 0.3) is 0 Å². The van der Waals surface area contributed by atoms with Gasteiger partial charge in [0.1, 0.15) is 0 Å². The van der Waals surface area contributed by atoms with Gasteiger partial charge in [-0.25, -0.2) is 0 Å². The largest absolute Gasteiger partial charge is 0.493 e. The molecular formula is C15H24N2O3. The van der Waals surface area contributed by atoms with Gasteiger partial charge in [0.2, 0.25) is 0 Å². The van der Waals surface area contributed by atoms with E-state index in [1.807, 2.05) is 12.1 Å². The third-order valence-electron chi connectivity index (χ3n) is 3.95. The molecule has 0 radical (unpaired) electrons. The molecule has 1 fully saturated rings. The van der Waals surface area contributed by atoms with E-state index in [4.69, 9.17) is 20.1 Å². The molecule has 1 atom stereocenters. The Bertz CT molecular complexity index is 420. The van der Waals surface area contributed by atoms with Crippen molar-refractivity contribution in [2.75, 3.05) is 27.4 Å². The third-order valence-corrected chi connectivity index (χ3v) is 3.95. The lowest BCUT2D eigenvalue weighted by molar-refractivity contribution is 0.0538. The van der Waals surface area contributed by atoms with Crippen molar-refractivity contribution in [3.63, 3.8) is 0 Å². The number of hydrazine groups is 1. The second-order valence-electron chi connectivity index (χ2n) is 5.12. The van der Waals surface area contributed by atoms with Crippen LogP contribution in [0.15, 0.2) is 18.2 Å². The van der Waals surface area contributed by atoms with Gasteiger partial charge in [-0.2, -0.15) is 0 Å². The van der Waals surface area contributed by atoms with Crippen LogP contribution in [0.5, 0.6) is 11.5 Å². The molecule has 20 heavy (non-hydrogen) atoms. The number of nitrogens with one attached hydrogen (secondary N) is 1. The average molecular weight is 280 g/mol. The van der Waals surface area contributed by atoms with Gasteiger partial charge >= 0.3 is 0 Å². The first kappa shape index (κ1) is 15.1. The predicted molar refractivity (Wildman–Crippen MR) is 77.9 cm³/mol. The molecule has 1 unspecified atom stereocenters. The van der Waals surface area contributed by atoms with Gasteiger partial charge in [-0.05, 0) is 42.9 Å². The molecule has 1 aliphatic heterocycles. The Hall–Kier alpha value is -1.30. The van der Waals surface area contributed by atoms with Crippen molar-refractivity contribution in [3.8, 4) is 11.5 Å². The molecule has 1 aromatic rings. The molecule has 0 aliphatic carbocycles. The summed E-state index contributed by atoms with van der Waals surface area (Å²) >= 11 is 0. The maximum Gasteiger partial charge on any atom is 0.160 e. The van der Waals surface area contributed by atoms with E-state index < -0.39 is 0 Å². The molecule has 0 aromatic heterocycles. The molecule has 1 heterocycles. The average Bonchev–Trinajstić information content (AvgIpc) is 2.53. The molecule has 0 amide bonds. The molecule has 1 saturated heterocycles. The number of nitrogens with two attached hydrogens (primary N) is 1. The Morgan fingerprint density at radius 1 is 1.25 bits per heavy atom. The Balaban J connectivity index is 2.06. The van der Waals surface area contributed by atoms with Crippen LogP contribution in [0.2, 0.25) is 0 Å². The second kappa shape index (κ2) is 7.47. The van der Waals surface area contributed by atoms with Crippen LogP contribution in [-0.2, 0) is 11.2 Å². The maximum absolute atomic E-state index is 5.73. The van der Waals surface area contributed by atoms with E-state index in [1.165, 1.54) is 5.56 Å². The molecule has 5 nitrogen and oxygen atoms in total. The highest BCUT2D eigenvalue weighted by molar-refractivity contribution is 5.43. The number of hydrogen-bond donors (Lipinski definition) is 2. The number of ether oxygens (including phenoxy) is 3. The maximum atomic E-state index is 5.73. The van der Waals surface area contributed by atoms with Crippen LogP contribution in [0.4, 0.5) is 0 Å². The highest BCUT2D eigenvalue weighted by atomic mass is 16.5. The van der Waals surface area contributed by atoms with Crippen molar-refractivity contribution in [1.82, 2.24) is 5.43 Å². The standard InChI is InChI=1S/C15H24N2O3/c1-18-14-4-3-11(10-15(14)19-2)9-13(17-16)12-5-7-20-8-6-12/h3-4,10,12-13,17H,5-9,16H2,1-2H3. The summed E-state index contributed by atoms with van der Waals surface area (Å²) < 4.78 is 16.0. The smallest absolute Gasteiger partial charge is 0.160 e.